The van der Waals surface area contributed by atoms with E-state index in [4.69, 9.17) is 60.0 Å². The van der Waals surface area contributed by atoms with E-state index in [1.165, 1.54) is 0 Å². The van der Waals surface area contributed by atoms with E-state index in [9.17, 15) is 0 Å². The normalized spacial score (nSPS) is 2.53. The van der Waals surface area contributed by atoms with Gasteiger partial charge in [-0.3, -0.25) is 0 Å². The molecule has 0 heterocycles. The molecular weight excluding hydrogens is 746 g/mol. The third-order valence-corrected chi connectivity index (χ3v) is 0. The Labute approximate surface area is 711 Å². The standard InChI is InChI=1S/4CH2O3.22Na.22H/c4*2-1(3)4;;;;;;;;;;;;;;;;;;;;;;;;;;;;;;;;;;;;;;;;;;;;/h4*(H2,2,3,4);;;;;;;;;;;;;;;;;;;;;;;;;;;;;;;;;;;;;;;;;;;;. The monoisotopic (exact) mass is 776 g/mol. The summed E-state index contributed by atoms with van der Waals surface area (Å²) in [6, 6.07) is 0. The average Bonchev–Trinajstić information content (AvgIpc) is 1.76. The molecule has 0 bridgehead atoms. The van der Waals surface area contributed by atoms with Crippen LogP contribution in [-0.2, 0) is 0 Å². The van der Waals surface area contributed by atoms with E-state index < -0.39 is 24.6 Å². The summed E-state index contributed by atoms with van der Waals surface area (Å²) in [6.45, 7) is 0. The maximum absolute atomic E-state index is 8.56. The minimum absolute atomic E-state index is 0. The summed E-state index contributed by atoms with van der Waals surface area (Å²) >= 11 is 0. The molecule has 0 fully saturated rings. The fraction of sp³-hybridized carbons (Fsp3) is 0. The molecule has 0 saturated heterocycles. The third kappa shape index (κ3) is 442. The Morgan fingerprint density at radius 1 is 0.184 bits per heavy atom. The molecule has 38 heavy (non-hydrogen) atoms. The maximum atomic E-state index is 8.56. The van der Waals surface area contributed by atoms with Crippen LogP contribution in [0.4, 0.5) is 19.2 Å². The van der Waals surface area contributed by atoms with Crippen LogP contribution in [0, 0.1) is 0 Å². The average molecular weight is 776 g/mol. The second-order valence-electron chi connectivity index (χ2n) is 1.13. The van der Waals surface area contributed by atoms with Gasteiger partial charge in [0.2, 0.25) is 0 Å². The summed E-state index contributed by atoms with van der Waals surface area (Å²) < 4.78 is 0. The van der Waals surface area contributed by atoms with Gasteiger partial charge in [-0.2, -0.15) is 0 Å². The number of carbonyl (C=O) groups is 4. The molecule has 8 N–H and O–H groups in total. The van der Waals surface area contributed by atoms with Crippen molar-refractivity contribution in [2.75, 3.05) is 0 Å². The predicted molar refractivity (Wildman–Crippen MR) is 200 cm³/mol. The van der Waals surface area contributed by atoms with Crippen LogP contribution < -0.4 is 0 Å². The molecule has 0 rings (SSSR count). The van der Waals surface area contributed by atoms with Crippen LogP contribution in [0.5, 0.6) is 0 Å². The van der Waals surface area contributed by atoms with Crippen molar-refractivity contribution < 1.29 is 60.0 Å². The molecule has 0 aromatic heterocycles. The van der Waals surface area contributed by atoms with Crippen LogP contribution in [0.2, 0.25) is 0 Å². The van der Waals surface area contributed by atoms with E-state index in [2.05, 4.69) is 0 Å². The van der Waals surface area contributed by atoms with Gasteiger partial charge in [0.25, 0.3) is 0 Å². The van der Waals surface area contributed by atoms with E-state index in [-0.39, 0.29) is 650 Å². The van der Waals surface area contributed by atoms with Gasteiger partial charge in [-0.25, -0.2) is 19.2 Å². The van der Waals surface area contributed by atoms with Gasteiger partial charge < -0.3 is 40.9 Å². The first-order chi connectivity index (χ1) is 6.93. The number of hydrogen-bond donors (Lipinski definition) is 8. The van der Waals surface area contributed by atoms with Crippen molar-refractivity contribution in [3.05, 3.63) is 0 Å². The first-order valence-electron chi connectivity index (χ1n) is 2.61. The molecule has 0 aromatic carbocycles. The van der Waals surface area contributed by atoms with Gasteiger partial charge in [0.1, 0.15) is 0 Å². The molecule has 140 valence electrons. The summed E-state index contributed by atoms with van der Waals surface area (Å²) in [5, 5.41) is 55.8. The molecule has 0 spiro atoms. The molecule has 0 aliphatic rings. The summed E-state index contributed by atoms with van der Waals surface area (Å²) in [5.74, 6) is 0. The van der Waals surface area contributed by atoms with E-state index >= 15 is 0 Å². The summed E-state index contributed by atoms with van der Waals surface area (Å²) in [6.07, 6.45) is -7.33. The molecule has 34 heteroatoms. The van der Waals surface area contributed by atoms with Crippen LogP contribution in [-0.4, -0.2) is 716 Å². The Balaban J connectivity index is -0.00000000176. The number of hydrogen-bond acceptors (Lipinski definition) is 4. The molecule has 0 unspecified atom stereocenters. The van der Waals surface area contributed by atoms with Gasteiger partial charge in [-0.05, 0) is 0 Å². The van der Waals surface area contributed by atoms with E-state index in [1.807, 2.05) is 0 Å². The van der Waals surface area contributed by atoms with Gasteiger partial charge in [0, 0.05) is 0 Å². The summed E-state index contributed by atoms with van der Waals surface area (Å²) in [4.78, 5) is 34.2. The van der Waals surface area contributed by atoms with Crippen LogP contribution >= 0.6 is 0 Å². The third-order valence-electron chi connectivity index (χ3n) is 0. The first-order valence-corrected chi connectivity index (χ1v) is 2.61. The zero-order valence-corrected chi connectivity index (χ0v) is 7.21. The van der Waals surface area contributed by atoms with Gasteiger partial charge in [0.15, 0.2) is 0 Å². The Kier molecular flexibility index (Phi) is 861. The van der Waals surface area contributed by atoms with Crippen molar-refractivity contribution in [3.63, 3.8) is 0 Å². The Hall–Kier alpha value is 19.1. The minimum atomic E-state index is -1.83. The molecule has 0 aromatic rings. The number of rotatable bonds is 0. The SMILES string of the molecule is O=C(O)O.O=C(O)O.O=C(O)O.O=C(O)O.[NaH].[NaH].[NaH].[NaH].[NaH].[NaH].[NaH].[NaH].[NaH].[NaH].[NaH].[NaH].[NaH].[NaH].[NaH].[NaH].[NaH].[NaH].[NaH].[NaH].[NaH].[NaH]. The van der Waals surface area contributed by atoms with Crippen molar-refractivity contribution in [2.24, 2.45) is 0 Å². The Morgan fingerprint density at radius 2 is 0.184 bits per heavy atom. The summed E-state index contributed by atoms with van der Waals surface area (Å²) in [5.41, 5.74) is 0. The van der Waals surface area contributed by atoms with E-state index in [1.54, 1.807) is 0 Å². The van der Waals surface area contributed by atoms with Crippen LogP contribution in [0.25, 0.3) is 0 Å². The van der Waals surface area contributed by atoms with Crippen LogP contribution in [0.15, 0.2) is 0 Å². The van der Waals surface area contributed by atoms with Gasteiger partial charge in [-0.15, -0.1) is 0 Å². The molecule has 0 atom stereocenters. The van der Waals surface area contributed by atoms with E-state index in [0.29, 0.717) is 0 Å². The van der Waals surface area contributed by atoms with Crippen molar-refractivity contribution in [2.45, 2.75) is 0 Å². The first kappa shape index (κ1) is 186. The predicted octanol–water partition coefficient (Wildman–Crippen LogP) is -13.4. The van der Waals surface area contributed by atoms with Gasteiger partial charge in [-0.1, -0.05) is 0 Å². The van der Waals surface area contributed by atoms with E-state index in [0.717, 1.165) is 0 Å². The molecule has 0 aliphatic heterocycles. The second-order valence-corrected chi connectivity index (χ2v) is 1.13. The zero-order chi connectivity index (χ0) is 14.3. The topological polar surface area (TPSA) is 230 Å². The van der Waals surface area contributed by atoms with Crippen LogP contribution in [0.1, 0.15) is 0 Å². The van der Waals surface area contributed by atoms with Crippen molar-refractivity contribution in [3.8, 4) is 0 Å². The molecule has 0 amide bonds. The fourth-order valence-corrected chi connectivity index (χ4v) is 0. The molecule has 0 saturated carbocycles. The molecular formula is C4H30Na22O12. The van der Waals surface area contributed by atoms with Gasteiger partial charge in [0.05, 0.1) is 0 Å². The second kappa shape index (κ2) is 176. The molecule has 12 nitrogen and oxygen atoms in total. The van der Waals surface area contributed by atoms with Crippen molar-refractivity contribution in [1.29, 1.82) is 0 Å². The Morgan fingerprint density at radius 3 is 0.184 bits per heavy atom. The summed E-state index contributed by atoms with van der Waals surface area (Å²) in [7, 11) is 0. The molecule has 0 aliphatic carbocycles. The molecule has 0 radical (unpaired) electrons. The fourth-order valence-electron chi connectivity index (χ4n) is 0. The van der Waals surface area contributed by atoms with Crippen molar-refractivity contribution in [1.82, 2.24) is 0 Å². The number of carboxylic acid groups (broad SMARTS) is 8. The van der Waals surface area contributed by atoms with Gasteiger partial charge >= 0.3 is 675 Å². The quantitative estimate of drug-likeness (QED) is 0.107. The van der Waals surface area contributed by atoms with Crippen LogP contribution in [0.3, 0.4) is 0 Å². The zero-order valence-electron chi connectivity index (χ0n) is 7.21. The Bertz CT molecular complexity index is 190. The van der Waals surface area contributed by atoms with Crippen molar-refractivity contribution >= 4 is 675 Å².